The molecule has 1 aliphatic heterocycles. The van der Waals surface area contributed by atoms with E-state index in [9.17, 15) is 14.7 Å². The number of carboxylic acid groups (broad SMARTS) is 1. The number of amides is 1. The average Bonchev–Trinajstić information content (AvgIpc) is 2.79. The van der Waals surface area contributed by atoms with Crippen LogP contribution in [0.25, 0.3) is 0 Å². The van der Waals surface area contributed by atoms with Crippen LogP contribution in [0.4, 0.5) is 0 Å². The van der Waals surface area contributed by atoms with Crippen molar-refractivity contribution in [3.05, 3.63) is 24.1 Å². The molecule has 1 aliphatic rings. The number of allylic oxidation sites excluding steroid dienone is 1. The van der Waals surface area contributed by atoms with E-state index in [1.165, 1.54) is 20.3 Å². The lowest BCUT2D eigenvalue weighted by Crippen LogP contribution is -2.37. The topological polar surface area (TPSA) is 78.9 Å². The third-order valence-corrected chi connectivity index (χ3v) is 3.45. The van der Waals surface area contributed by atoms with Gasteiger partial charge in [0, 0.05) is 26.4 Å². The summed E-state index contributed by atoms with van der Waals surface area (Å²) in [4.78, 5) is 24.4. The van der Waals surface area contributed by atoms with Gasteiger partial charge in [-0.05, 0) is 19.3 Å². The Kier molecular flexibility index (Phi) is 6.94. The predicted octanol–water partition coefficient (Wildman–Crippen LogP) is 1.35. The van der Waals surface area contributed by atoms with Crippen LogP contribution in [0, 0.1) is 5.92 Å². The molecule has 0 bridgehead atoms. The van der Waals surface area contributed by atoms with Crippen molar-refractivity contribution in [3.8, 4) is 0 Å². The number of rotatable bonds is 7. The predicted molar refractivity (Wildman–Crippen MR) is 79.4 cm³/mol. The number of aliphatic carboxylic acids is 1. The molecule has 1 fully saturated rings. The molecule has 1 rings (SSSR count). The minimum atomic E-state index is -0.793. The van der Waals surface area contributed by atoms with Crippen LogP contribution in [-0.2, 0) is 14.3 Å². The maximum absolute atomic E-state index is 11.3. The lowest BCUT2D eigenvalue weighted by atomic mass is 10.1. The maximum Gasteiger partial charge on any atom is 0.320 e. The number of likely N-dealkylation sites (tertiary alicyclic amines) is 1. The fourth-order valence-corrected chi connectivity index (χ4v) is 2.64. The lowest BCUT2D eigenvalue weighted by Gasteiger charge is -2.21. The summed E-state index contributed by atoms with van der Waals surface area (Å²) in [5.74, 6) is -0.688. The minimum absolute atomic E-state index is 0.165. The summed E-state index contributed by atoms with van der Waals surface area (Å²) in [7, 11) is 1.51. The number of nitrogens with zero attached hydrogens (tertiary/aromatic N) is 1. The molecule has 1 saturated heterocycles. The first-order chi connectivity index (χ1) is 9.97. The van der Waals surface area contributed by atoms with Gasteiger partial charge < -0.3 is 15.2 Å². The summed E-state index contributed by atoms with van der Waals surface area (Å²) in [6.07, 6.45) is 6.66. The van der Waals surface area contributed by atoms with Crippen molar-refractivity contribution in [2.45, 2.75) is 32.7 Å². The molecule has 0 unspecified atom stereocenters. The standard InChI is InChI=1S/C15H24N2O4/c1-4-5-12-8-14(15(19)20)17(9-12)7-6-13(10-21-3)16-11(2)18/h4-5,10,12,14H,6-9H2,1-3H3,(H,16,18)(H,19,20)/t12-,14-/m1/s1. The fourth-order valence-electron chi connectivity index (χ4n) is 2.64. The highest BCUT2D eigenvalue weighted by atomic mass is 16.5. The summed E-state index contributed by atoms with van der Waals surface area (Å²) in [5, 5.41) is 12.0. The molecule has 0 radical (unpaired) electrons. The highest BCUT2D eigenvalue weighted by Gasteiger charge is 2.35. The molecule has 21 heavy (non-hydrogen) atoms. The molecule has 1 heterocycles. The molecule has 0 aliphatic carbocycles. The van der Waals surface area contributed by atoms with Gasteiger partial charge in [0.05, 0.1) is 12.8 Å². The van der Waals surface area contributed by atoms with Crippen molar-refractivity contribution in [1.82, 2.24) is 10.2 Å². The number of carboxylic acids is 1. The molecule has 0 aromatic rings. The van der Waals surface area contributed by atoms with E-state index in [1.807, 2.05) is 17.9 Å². The van der Waals surface area contributed by atoms with Gasteiger partial charge in [-0.15, -0.1) is 0 Å². The van der Waals surface area contributed by atoms with Crippen molar-refractivity contribution in [1.29, 1.82) is 0 Å². The maximum atomic E-state index is 11.3. The molecule has 118 valence electrons. The normalized spacial score (nSPS) is 23.5. The van der Waals surface area contributed by atoms with Crippen molar-refractivity contribution >= 4 is 11.9 Å². The number of hydrogen-bond acceptors (Lipinski definition) is 4. The van der Waals surface area contributed by atoms with E-state index < -0.39 is 12.0 Å². The van der Waals surface area contributed by atoms with Crippen LogP contribution in [0.2, 0.25) is 0 Å². The third-order valence-electron chi connectivity index (χ3n) is 3.45. The zero-order chi connectivity index (χ0) is 15.8. The van der Waals surface area contributed by atoms with Crippen LogP contribution in [0.1, 0.15) is 26.7 Å². The van der Waals surface area contributed by atoms with E-state index in [2.05, 4.69) is 11.4 Å². The van der Waals surface area contributed by atoms with Crippen LogP contribution in [0.3, 0.4) is 0 Å². The Labute approximate surface area is 125 Å². The Morgan fingerprint density at radius 3 is 2.71 bits per heavy atom. The Balaban J connectivity index is 2.64. The van der Waals surface area contributed by atoms with Crippen LogP contribution in [0.15, 0.2) is 24.1 Å². The molecular weight excluding hydrogens is 272 g/mol. The van der Waals surface area contributed by atoms with Gasteiger partial charge in [-0.25, -0.2) is 0 Å². The fraction of sp³-hybridized carbons (Fsp3) is 0.600. The number of nitrogens with one attached hydrogen (secondary N) is 1. The Morgan fingerprint density at radius 2 is 2.19 bits per heavy atom. The zero-order valence-electron chi connectivity index (χ0n) is 12.8. The molecule has 2 N–H and O–H groups in total. The molecule has 0 aromatic heterocycles. The first kappa shape index (κ1) is 17.2. The van der Waals surface area contributed by atoms with E-state index in [-0.39, 0.29) is 11.8 Å². The molecule has 0 saturated carbocycles. The molecule has 6 nitrogen and oxygen atoms in total. The highest BCUT2D eigenvalue weighted by Crippen LogP contribution is 2.25. The molecular formula is C15H24N2O4. The van der Waals surface area contributed by atoms with Crippen molar-refractivity contribution in [2.24, 2.45) is 5.92 Å². The Bertz CT molecular complexity index is 431. The van der Waals surface area contributed by atoms with Gasteiger partial charge in [0.15, 0.2) is 0 Å². The van der Waals surface area contributed by atoms with E-state index in [0.717, 1.165) is 6.54 Å². The zero-order valence-corrected chi connectivity index (χ0v) is 12.8. The molecule has 0 spiro atoms. The van der Waals surface area contributed by atoms with Crippen LogP contribution in [0.5, 0.6) is 0 Å². The monoisotopic (exact) mass is 296 g/mol. The molecule has 2 atom stereocenters. The van der Waals surface area contributed by atoms with Crippen molar-refractivity contribution in [2.75, 3.05) is 20.2 Å². The molecule has 6 heteroatoms. The Morgan fingerprint density at radius 1 is 1.48 bits per heavy atom. The van der Waals surface area contributed by atoms with Crippen LogP contribution in [-0.4, -0.2) is 48.1 Å². The van der Waals surface area contributed by atoms with Gasteiger partial charge in [-0.1, -0.05) is 12.2 Å². The number of methoxy groups -OCH3 is 1. The molecule has 1 amide bonds. The second kappa shape index (κ2) is 8.46. The summed E-state index contributed by atoms with van der Waals surface area (Å²) in [6.45, 7) is 4.66. The number of carbonyl (C=O) groups excluding carboxylic acids is 1. The lowest BCUT2D eigenvalue weighted by molar-refractivity contribution is -0.142. The quantitative estimate of drug-likeness (QED) is 0.548. The minimum Gasteiger partial charge on any atom is -0.503 e. The van der Waals surface area contributed by atoms with Gasteiger partial charge in [0.2, 0.25) is 5.91 Å². The third kappa shape index (κ3) is 5.59. The summed E-state index contributed by atoms with van der Waals surface area (Å²) >= 11 is 0. The van der Waals surface area contributed by atoms with Crippen molar-refractivity contribution in [3.63, 3.8) is 0 Å². The Hall–Kier alpha value is -1.82. The van der Waals surface area contributed by atoms with Gasteiger partial charge in [0.25, 0.3) is 0 Å². The van der Waals surface area contributed by atoms with Crippen LogP contribution < -0.4 is 5.32 Å². The van der Waals surface area contributed by atoms with E-state index in [1.54, 1.807) is 0 Å². The number of ether oxygens (including phenoxy) is 1. The summed E-state index contributed by atoms with van der Waals surface area (Å²) in [5.41, 5.74) is 0.656. The second-order valence-electron chi connectivity index (χ2n) is 5.18. The largest absolute Gasteiger partial charge is 0.503 e. The van der Waals surface area contributed by atoms with Crippen molar-refractivity contribution < 1.29 is 19.4 Å². The highest BCUT2D eigenvalue weighted by molar-refractivity contribution is 5.75. The SMILES string of the molecule is CC=C[C@@H]1C[C@H](C(=O)O)N(CCC(=COC)NC(C)=O)C1. The average molecular weight is 296 g/mol. The number of carbonyl (C=O) groups is 2. The van der Waals surface area contributed by atoms with Gasteiger partial charge in [0.1, 0.15) is 12.3 Å². The summed E-state index contributed by atoms with van der Waals surface area (Å²) in [6, 6.07) is -0.465. The van der Waals surface area contributed by atoms with Gasteiger partial charge >= 0.3 is 5.97 Å². The van der Waals surface area contributed by atoms with E-state index >= 15 is 0 Å². The first-order valence-electron chi connectivity index (χ1n) is 7.07. The van der Waals surface area contributed by atoms with Gasteiger partial charge in [-0.2, -0.15) is 0 Å². The van der Waals surface area contributed by atoms with Crippen LogP contribution >= 0.6 is 0 Å². The van der Waals surface area contributed by atoms with E-state index in [0.29, 0.717) is 25.1 Å². The first-order valence-corrected chi connectivity index (χ1v) is 7.07. The smallest absolute Gasteiger partial charge is 0.320 e. The second-order valence-corrected chi connectivity index (χ2v) is 5.18. The summed E-state index contributed by atoms with van der Waals surface area (Å²) < 4.78 is 4.93. The van der Waals surface area contributed by atoms with Gasteiger partial charge in [-0.3, -0.25) is 14.5 Å². The number of hydrogen-bond donors (Lipinski definition) is 2. The van der Waals surface area contributed by atoms with E-state index in [4.69, 9.17) is 4.74 Å². The molecule has 0 aromatic carbocycles.